The number of fused-ring (bicyclic) bond motifs is 2. The number of hydrogen-bond acceptors (Lipinski definition) is 9. The first-order chi connectivity index (χ1) is 18.7. The Labute approximate surface area is 245 Å². The number of nitrogen functional groups attached to an aromatic ring is 2. The molecule has 6 heterocycles. The largest absolute Gasteiger partial charge is 0.444 e. The van der Waals surface area contributed by atoms with Crippen molar-refractivity contribution in [2.45, 2.75) is 46.6 Å². The third-order valence-electron chi connectivity index (χ3n) is 6.37. The molecule has 0 radical (unpaired) electrons. The summed E-state index contributed by atoms with van der Waals surface area (Å²) in [6.45, 7) is 8.67. The maximum absolute atomic E-state index is 12.1. The Morgan fingerprint density at radius 1 is 0.927 bits per heavy atom. The summed E-state index contributed by atoms with van der Waals surface area (Å²) in [5.74, 6) is 0.575. The normalized spacial score (nSPS) is 15.1. The Bertz CT molecular complexity index is 1570. The van der Waals surface area contributed by atoms with Crippen LogP contribution >= 0.6 is 12.4 Å². The minimum absolute atomic E-state index is 0. The highest BCUT2D eigenvalue weighted by Crippen LogP contribution is 2.26. The van der Waals surface area contributed by atoms with Crippen molar-refractivity contribution in [2.24, 2.45) is 0 Å². The third kappa shape index (κ3) is 7.33. The number of carbonyl (C=O) groups is 1. The van der Waals surface area contributed by atoms with Crippen LogP contribution in [0.4, 0.5) is 16.7 Å². The van der Waals surface area contributed by atoms with Crippen molar-refractivity contribution in [1.82, 2.24) is 39.4 Å². The van der Waals surface area contributed by atoms with Crippen molar-refractivity contribution in [2.75, 3.05) is 37.6 Å². The van der Waals surface area contributed by atoms with E-state index in [0.29, 0.717) is 19.0 Å². The Morgan fingerprint density at radius 2 is 1.49 bits per heavy atom. The molecular weight excluding hydrogens is 544 g/mol. The molecule has 0 unspecified atom stereocenters. The minimum atomic E-state index is -0.480. The van der Waals surface area contributed by atoms with Gasteiger partial charge < -0.3 is 26.4 Å². The van der Waals surface area contributed by atoms with E-state index in [4.69, 9.17) is 16.2 Å². The molecule has 0 bridgehead atoms. The number of amides is 1. The first-order valence-electron chi connectivity index (χ1n) is 13.0. The summed E-state index contributed by atoms with van der Waals surface area (Å²) in [4.78, 5) is 22.3. The SMILES string of the molecule is C.CC(C)(C)OC(=O)N1CC=C(c2cccn3nc(N)nc23)CC1.Cl.Nc1nc2c(C3=CCNCC3)cccn2n1. The monoisotopic (exact) mass is 582 g/mol. The van der Waals surface area contributed by atoms with Gasteiger partial charge in [0, 0.05) is 43.2 Å². The maximum Gasteiger partial charge on any atom is 0.410 e. The molecule has 0 saturated carbocycles. The van der Waals surface area contributed by atoms with E-state index < -0.39 is 5.60 Å². The van der Waals surface area contributed by atoms with Gasteiger partial charge in [0.05, 0.1) is 0 Å². The molecule has 2 aliphatic rings. The first-order valence-corrected chi connectivity index (χ1v) is 13.0. The van der Waals surface area contributed by atoms with Gasteiger partial charge in [0.2, 0.25) is 11.9 Å². The molecule has 5 N–H and O–H groups in total. The summed E-state index contributed by atoms with van der Waals surface area (Å²) in [7, 11) is 0. The van der Waals surface area contributed by atoms with E-state index in [1.54, 1.807) is 13.9 Å². The van der Waals surface area contributed by atoms with Crippen molar-refractivity contribution in [3.63, 3.8) is 0 Å². The van der Waals surface area contributed by atoms with Crippen LogP contribution in [-0.2, 0) is 4.74 Å². The molecule has 2 aliphatic heterocycles. The lowest BCUT2D eigenvalue weighted by molar-refractivity contribution is 0.0270. The average molecular weight is 583 g/mol. The molecule has 4 aromatic heterocycles. The number of nitrogens with two attached hydrogens (primary N) is 2. The lowest BCUT2D eigenvalue weighted by Gasteiger charge is -2.29. The summed E-state index contributed by atoms with van der Waals surface area (Å²) in [5.41, 5.74) is 17.0. The molecule has 4 aromatic rings. The topological polar surface area (TPSA) is 154 Å². The van der Waals surface area contributed by atoms with E-state index >= 15 is 0 Å². The van der Waals surface area contributed by atoms with Gasteiger partial charge in [-0.25, -0.2) is 13.8 Å². The van der Waals surface area contributed by atoms with Crippen LogP contribution in [-0.4, -0.2) is 72.0 Å². The number of hydrogen-bond donors (Lipinski definition) is 3. The van der Waals surface area contributed by atoms with Crippen LogP contribution in [0.1, 0.15) is 52.2 Å². The summed E-state index contributed by atoms with van der Waals surface area (Å²) < 4.78 is 8.81. The predicted octanol–water partition coefficient (Wildman–Crippen LogP) is 4.08. The van der Waals surface area contributed by atoms with Crippen LogP contribution < -0.4 is 16.8 Å². The smallest absolute Gasteiger partial charge is 0.410 e. The molecule has 220 valence electrons. The van der Waals surface area contributed by atoms with Crippen LogP contribution in [0.5, 0.6) is 0 Å². The van der Waals surface area contributed by atoms with Crippen molar-refractivity contribution < 1.29 is 9.53 Å². The number of aromatic nitrogens is 6. The van der Waals surface area contributed by atoms with E-state index in [9.17, 15) is 4.79 Å². The number of anilines is 2. The molecule has 1 amide bonds. The molecule has 0 aromatic carbocycles. The number of nitrogens with zero attached hydrogens (tertiary/aromatic N) is 7. The zero-order valence-electron chi connectivity index (χ0n) is 22.9. The van der Waals surface area contributed by atoms with Crippen molar-refractivity contribution in [3.05, 3.63) is 59.9 Å². The lowest BCUT2D eigenvalue weighted by Crippen LogP contribution is -2.39. The van der Waals surface area contributed by atoms with Crippen LogP contribution in [0.3, 0.4) is 0 Å². The van der Waals surface area contributed by atoms with Gasteiger partial charge >= 0.3 is 6.09 Å². The predicted molar refractivity (Wildman–Crippen MR) is 165 cm³/mol. The summed E-state index contributed by atoms with van der Waals surface area (Å²) >= 11 is 0. The quantitative estimate of drug-likeness (QED) is 0.317. The van der Waals surface area contributed by atoms with Crippen LogP contribution in [0.15, 0.2) is 48.8 Å². The number of halogens is 1. The number of ether oxygens (including phenoxy) is 1. The number of pyridine rings is 2. The van der Waals surface area contributed by atoms with E-state index in [1.807, 2.05) is 57.4 Å². The highest BCUT2D eigenvalue weighted by molar-refractivity contribution is 5.85. The maximum atomic E-state index is 12.1. The number of nitrogens with one attached hydrogen (secondary N) is 1. The van der Waals surface area contributed by atoms with Gasteiger partial charge in [0.25, 0.3) is 0 Å². The van der Waals surface area contributed by atoms with Crippen LogP contribution in [0, 0.1) is 0 Å². The van der Waals surface area contributed by atoms with Gasteiger partial charge in [-0.3, -0.25) is 0 Å². The molecule has 0 aliphatic carbocycles. The van der Waals surface area contributed by atoms with Gasteiger partial charge in [-0.2, -0.15) is 9.97 Å². The molecule has 0 fully saturated rings. The number of carbonyl (C=O) groups excluding carboxylic acids is 1. The van der Waals surface area contributed by atoms with Crippen molar-refractivity contribution in [3.8, 4) is 0 Å². The van der Waals surface area contributed by atoms with Crippen molar-refractivity contribution >= 4 is 52.8 Å². The molecular formula is C28H39ClN10O2. The Hall–Kier alpha value is -4.16. The molecule has 6 rings (SSSR count). The fraction of sp³-hybridized carbons (Fsp3) is 0.393. The summed E-state index contributed by atoms with van der Waals surface area (Å²) in [6.07, 6.45) is 9.40. The zero-order chi connectivity index (χ0) is 27.6. The zero-order valence-corrected chi connectivity index (χ0v) is 23.7. The standard InChI is InChI=1S/C16H21N5O2.C11H13N5.CH4.ClH/c1-16(2,3)23-15(22)20-9-6-11(7-10-20)12-5-4-8-21-13(12)18-14(17)19-21;12-11-14-10-9(2-1-7-16(10)15-11)8-3-5-13-6-4-8;;/h4-6,8H,7,9-10H2,1-3H3,(H2,17,19);1-3,7,13H,4-6H2,(H2,12,15);1H4;1H. The highest BCUT2D eigenvalue weighted by atomic mass is 35.5. The molecule has 13 heteroatoms. The minimum Gasteiger partial charge on any atom is -0.444 e. The summed E-state index contributed by atoms with van der Waals surface area (Å²) in [5, 5.41) is 11.5. The second-order valence-electron chi connectivity index (χ2n) is 10.4. The Morgan fingerprint density at radius 3 is 1.95 bits per heavy atom. The first kappa shape index (κ1) is 31.4. The van der Waals surface area contributed by atoms with Crippen LogP contribution in [0.25, 0.3) is 22.4 Å². The summed E-state index contributed by atoms with van der Waals surface area (Å²) in [6, 6.07) is 7.95. The van der Waals surface area contributed by atoms with Gasteiger partial charge in [0.1, 0.15) is 5.60 Å². The lowest BCUT2D eigenvalue weighted by atomic mass is 10.0. The van der Waals surface area contributed by atoms with Crippen LogP contribution in [0.2, 0.25) is 0 Å². The second kappa shape index (κ2) is 13.0. The van der Waals surface area contributed by atoms with E-state index in [1.165, 1.54) is 5.57 Å². The van der Waals surface area contributed by atoms with Gasteiger partial charge in [-0.1, -0.05) is 19.6 Å². The Kier molecular flexibility index (Phi) is 9.95. The Balaban J connectivity index is 0.000000227. The fourth-order valence-corrected chi connectivity index (χ4v) is 4.62. The van der Waals surface area contributed by atoms with Gasteiger partial charge in [0.15, 0.2) is 11.3 Å². The molecule has 41 heavy (non-hydrogen) atoms. The fourth-order valence-electron chi connectivity index (χ4n) is 4.62. The highest BCUT2D eigenvalue weighted by Gasteiger charge is 2.24. The average Bonchev–Trinajstić information content (AvgIpc) is 3.49. The molecule has 12 nitrogen and oxygen atoms in total. The molecule has 0 saturated heterocycles. The van der Waals surface area contributed by atoms with E-state index in [-0.39, 0.29) is 31.9 Å². The number of rotatable bonds is 2. The molecule has 0 atom stereocenters. The van der Waals surface area contributed by atoms with E-state index in [2.05, 4.69) is 37.6 Å². The van der Waals surface area contributed by atoms with Crippen molar-refractivity contribution in [1.29, 1.82) is 0 Å². The molecule has 0 spiro atoms. The second-order valence-corrected chi connectivity index (χ2v) is 10.4. The third-order valence-corrected chi connectivity index (χ3v) is 6.37. The van der Waals surface area contributed by atoms with Gasteiger partial charge in [-0.15, -0.1) is 22.6 Å². The van der Waals surface area contributed by atoms with Gasteiger partial charge in [-0.05, 0) is 75.6 Å². The van der Waals surface area contributed by atoms with E-state index in [0.717, 1.165) is 53.9 Å².